The Balaban J connectivity index is 1.55. The molecule has 0 saturated heterocycles. The fourth-order valence-electron chi connectivity index (χ4n) is 3.00. The van der Waals surface area contributed by atoms with Crippen LogP contribution in [0, 0.1) is 13.8 Å². The monoisotopic (exact) mass is 376 g/mol. The molecule has 0 aliphatic heterocycles. The van der Waals surface area contributed by atoms with Crippen LogP contribution in [0.25, 0.3) is 22.0 Å². The van der Waals surface area contributed by atoms with Crippen LogP contribution in [0.15, 0.2) is 51.8 Å². The van der Waals surface area contributed by atoms with Crippen LogP contribution in [-0.2, 0) is 0 Å². The van der Waals surface area contributed by atoms with E-state index in [0.717, 1.165) is 11.1 Å². The Hall–Kier alpha value is -3.94. The van der Waals surface area contributed by atoms with E-state index in [-0.39, 0.29) is 16.7 Å². The Morgan fingerprint density at radius 2 is 1.75 bits per heavy atom. The Labute approximate surface area is 158 Å². The molecule has 0 fully saturated rings. The number of hydrogen-bond acceptors (Lipinski definition) is 5. The molecule has 28 heavy (non-hydrogen) atoms. The summed E-state index contributed by atoms with van der Waals surface area (Å²) in [5.41, 5.74) is 6.28. The van der Waals surface area contributed by atoms with Crippen LogP contribution < -0.4 is 16.3 Å². The van der Waals surface area contributed by atoms with Crippen LogP contribution in [0.1, 0.15) is 32.2 Å². The van der Waals surface area contributed by atoms with E-state index in [0.29, 0.717) is 16.8 Å². The number of rotatable bonds is 2. The van der Waals surface area contributed by atoms with Crippen molar-refractivity contribution < 1.29 is 14.0 Å². The van der Waals surface area contributed by atoms with Crippen molar-refractivity contribution in [1.29, 1.82) is 0 Å². The summed E-state index contributed by atoms with van der Waals surface area (Å²) in [5.74, 6) is -1.27. The van der Waals surface area contributed by atoms with Crippen molar-refractivity contribution >= 4 is 33.8 Å². The molecular formula is C20H16N4O4. The lowest BCUT2D eigenvalue weighted by atomic mass is 10.1. The highest BCUT2D eigenvalue weighted by atomic mass is 16.3. The highest BCUT2D eigenvalue weighted by molar-refractivity contribution is 6.02. The van der Waals surface area contributed by atoms with Gasteiger partial charge in [-0.2, -0.15) is 0 Å². The van der Waals surface area contributed by atoms with E-state index >= 15 is 0 Å². The van der Waals surface area contributed by atoms with E-state index in [1.54, 1.807) is 38.1 Å². The van der Waals surface area contributed by atoms with Gasteiger partial charge >= 0.3 is 5.91 Å². The summed E-state index contributed by atoms with van der Waals surface area (Å²) in [6.45, 7) is 3.56. The maximum atomic E-state index is 12.5. The van der Waals surface area contributed by atoms with Gasteiger partial charge in [-0.05, 0) is 32.0 Å². The molecule has 0 spiro atoms. The number of aryl methyl sites for hydroxylation is 2. The second-order valence-electron chi connectivity index (χ2n) is 6.34. The number of nitrogens with one attached hydrogen (secondary N) is 3. The standard InChI is InChI=1S/C20H16N4O4/c1-10-7-8-13-16(25)14(9-21-18(13)22-10)19(26)23-24-20(27)17-11(2)12-5-3-4-6-15(12)28-17/h3-9H,1-2H3,(H,23,26)(H,24,27)(H,21,22,25). The third kappa shape index (κ3) is 2.90. The van der Waals surface area contributed by atoms with Gasteiger partial charge in [0.15, 0.2) is 5.76 Å². The number of H-pyrrole nitrogens is 1. The number of carbonyl (C=O) groups excluding carboxylic acids is 2. The van der Waals surface area contributed by atoms with E-state index in [1.165, 1.54) is 6.20 Å². The largest absolute Gasteiger partial charge is 0.451 e. The number of furan rings is 1. The maximum absolute atomic E-state index is 12.5. The zero-order valence-electron chi connectivity index (χ0n) is 15.1. The number of hydrogen-bond donors (Lipinski definition) is 3. The molecule has 0 atom stereocenters. The Bertz CT molecular complexity index is 1300. The molecule has 140 valence electrons. The Morgan fingerprint density at radius 3 is 2.54 bits per heavy atom. The van der Waals surface area contributed by atoms with Crippen molar-refractivity contribution in [2.75, 3.05) is 0 Å². The summed E-state index contributed by atoms with van der Waals surface area (Å²) in [5, 5.41) is 1.10. The van der Waals surface area contributed by atoms with Crippen molar-refractivity contribution in [3.05, 3.63) is 75.4 Å². The first-order valence-electron chi connectivity index (χ1n) is 8.53. The van der Waals surface area contributed by atoms with Gasteiger partial charge in [-0.15, -0.1) is 0 Å². The number of aromatic amines is 1. The van der Waals surface area contributed by atoms with Gasteiger partial charge in [-0.25, -0.2) is 4.98 Å². The number of fused-ring (bicyclic) bond motifs is 2. The molecular weight excluding hydrogens is 360 g/mol. The summed E-state index contributed by atoms with van der Waals surface area (Å²) in [7, 11) is 0. The van der Waals surface area contributed by atoms with Gasteiger partial charge in [0, 0.05) is 22.8 Å². The molecule has 8 nitrogen and oxygen atoms in total. The average Bonchev–Trinajstić information content (AvgIpc) is 3.03. The Kier molecular flexibility index (Phi) is 4.15. The lowest BCUT2D eigenvalue weighted by molar-refractivity contribution is 0.0831. The first-order valence-corrected chi connectivity index (χ1v) is 8.53. The summed E-state index contributed by atoms with van der Waals surface area (Å²) < 4.78 is 5.55. The molecule has 4 aromatic rings. The lowest BCUT2D eigenvalue weighted by Crippen LogP contribution is -2.43. The quantitative estimate of drug-likeness (QED) is 0.464. The van der Waals surface area contributed by atoms with Crippen molar-refractivity contribution in [3.63, 3.8) is 0 Å². The van der Waals surface area contributed by atoms with E-state index in [2.05, 4.69) is 20.8 Å². The second-order valence-corrected chi connectivity index (χ2v) is 6.34. The van der Waals surface area contributed by atoms with Gasteiger partial charge in [0.25, 0.3) is 5.91 Å². The molecule has 3 heterocycles. The normalized spacial score (nSPS) is 10.9. The van der Waals surface area contributed by atoms with E-state index in [4.69, 9.17) is 4.42 Å². The number of nitrogens with zero attached hydrogens (tertiary/aromatic N) is 1. The zero-order valence-corrected chi connectivity index (χ0v) is 15.1. The number of aromatic nitrogens is 2. The minimum Gasteiger partial charge on any atom is -0.451 e. The van der Waals surface area contributed by atoms with Crippen molar-refractivity contribution in [2.45, 2.75) is 13.8 Å². The van der Waals surface area contributed by atoms with Crippen LogP contribution in [0.2, 0.25) is 0 Å². The Morgan fingerprint density at radius 1 is 1.00 bits per heavy atom. The molecule has 4 rings (SSSR count). The van der Waals surface area contributed by atoms with Crippen LogP contribution in [0.5, 0.6) is 0 Å². The number of amides is 2. The molecule has 0 bridgehead atoms. The summed E-state index contributed by atoms with van der Waals surface area (Å²) in [6.07, 6.45) is 1.27. The summed E-state index contributed by atoms with van der Waals surface area (Å²) >= 11 is 0. The van der Waals surface area contributed by atoms with Gasteiger partial charge in [0.05, 0.1) is 5.39 Å². The fourth-order valence-corrected chi connectivity index (χ4v) is 3.00. The first-order chi connectivity index (χ1) is 13.5. The predicted octanol–water partition coefficient (Wildman–Crippen LogP) is 2.36. The van der Waals surface area contributed by atoms with E-state index < -0.39 is 17.2 Å². The highest BCUT2D eigenvalue weighted by Crippen LogP contribution is 2.24. The van der Waals surface area contributed by atoms with Crippen LogP contribution >= 0.6 is 0 Å². The molecule has 1 aromatic carbocycles. The van der Waals surface area contributed by atoms with Crippen molar-refractivity contribution in [3.8, 4) is 0 Å². The number of carbonyl (C=O) groups is 2. The van der Waals surface area contributed by atoms with E-state index in [1.807, 2.05) is 12.1 Å². The third-order valence-electron chi connectivity index (χ3n) is 4.46. The highest BCUT2D eigenvalue weighted by Gasteiger charge is 2.19. The molecule has 0 saturated carbocycles. The molecule has 0 aliphatic rings. The number of pyridine rings is 2. The SMILES string of the molecule is Cc1ccc2c(=O)c(C(=O)NNC(=O)c3oc4ccccc4c3C)c[nH]c2n1. The molecule has 0 aliphatic carbocycles. The zero-order chi connectivity index (χ0) is 19.8. The van der Waals surface area contributed by atoms with E-state index in [9.17, 15) is 14.4 Å². The summed E-state index contributed by atoms with van der Waals surface area (Å²) in [6, 6.07) is 10.5. The minimum absolute atomic E-state index is 0.0913. The van der Waals surface area contributed by atoms with Crippen LogP contribution in [-0.4, -0.2) is 21.8 Å². The topological polar surface area (TPSA) is 117 Å². The van der Waals surface area contributed by atoms with Crippen LogP contribution in [0.3, 0.4) is 0 Å². The summed E-state index contributed by atoms with van der Waals surface area (Å²) in [4.78, 5) is 44.3. The van der Waals surface area contributed by atoms with Gasteiger partial charge in [0.2, 0.25) is 5.43 Å². The molecule has 3 N–H and O–H groups in total. The molecule has 3 aromatic heterocycles. The van der Waals surface area contributed by atoms with Crippen molar-refractivity contribution in [1.82, 2.24) is 20.8 Å². The van der Waals surface area contributed by atoms with Gasteiger partial charge in [0.1, 0.15) is 16.8 Å². The minimum atomic E-state index is -0.745. The maximum Gasteiger partial charge on any atom is 0.305 e. The molecule has 0 radical (unpaired) electrons. The first kappa shape index (κ1) is 17.5. The number of hydrazine groups is 1. The molecule has 0 unspecified atom stereocenters. The molecule has 8 heteroatoms. The number of benzene rings is 1. The van der Waals surface area contributed by atoms with Gasteiger partial charge < -0.3 is 9.40 Å². The fraction of sp³-hybridized carbons (Fsp3) is 0.100. The van der Waals surface area contributed by atoms with Crippen LogP contribution in [0.4, 0.5) is 0 Å². The number of para-hydroxylation sites is 1. The average molecular weight is 376 g/mol. The van der Waals surface area contributed by atoms with Crippen molar-refractivity contribution in [2.24, 2.45) is 0 Å². The van der Waals surface area contributed by atoms with Gasteiger partial charge in [-0.1, -0.05) is 18.2 Å². The lowest BCUT2D eigenvalue weighted by Gasteiger charge is -2.07. The second kappa shape index (κ2) is 6.66. The predicted molar refractivity (Wildman–Crippen MR) is 103 cm³/mol. The smallest absolute Gasteiger partial charge is 0.305 e. The van der Waals surface area contributed by atoms with Gasteiger partial charge in [-0.3, -0.25) is 25.2 Å². The molecule has 2 amide bonds. The third-order valence-corrected chi connectivity index (χ3v) is 4.46.